The van der Waals surface area contributed by atoms with Crippen LogP contribution in [0.25, 0.3) is 20.2 Å². The summed E-state index contributed by atoms with van der Waals surface area (Å²) in [6.45, 7) is 6.15. The minimum Gasteiger partial charge on any atom is -0.778 e. The third-order valence-electron chi connectivity index (χ3n) is 4.85. The fourth-order valence-electron chi connectivity index (χ4n) is 3.05. The Balaban J connectivity index is 0.000000227. The van der Waals surface area contributed by atoms with E-state index in [2.05, 4.69) is 48.1 Å². The standard InChI is InChI=1S/2C13H15NS2.Zn/c2*1-2-3-8-14-9-12-13(15)10-6-4-5-7-11(10)16-12;/h2*4-7,9,15H,2-3,8H2,1H3;/q;;+2/p-2. The van der Waals surface area contributed by atoms with Gasteiger partial charge in [-0.05, 0) is 35.7 Å². The monoisotopic (exact) mass is 560 g/mol. The second kappa shape index (κ2) is 14.9. The summed E-state index contributed by atoms with van der Waals surface area (Å²) in [5.74, 6) is 0. The number of thiophene rings is 2. The van der Waals surface area contributed by atoms with E-state index in [0.29, 0.717) is 0 Å². The number of benzene rings is 2. The average molecular weight is 562 g/mol. The van der Waals surface area contributed by atoms with Crippen LogP contribution in [-0.4, -0.2) is 25.5 Å². The summed E-state index contributed by atoms with van der Waals surface area (Å²) in [6.07, 6.45) is 8.53. The molecular formula is C26H28N2S4Zn. The van der Waals surface area contributed by atoms with Crippen LogP contribution in [0.1, 0.15) is 49.3 Å². The number of hydrogen-bond acceptors (Lipinski definition) is 6. The topological polar surface area (TPSA) is 24.7 Å². The average Bonchev–Trinajstić information content (AvgIpc) is 3.32. The molecule has 2 nitrogen and oxygen atoms in total. The number of rotatable bonds is 8. The van der Waals surface area contributed by atoms with Gasteiger partial charge in [-0.1, -0.05) is 63.1 Å². The van der Waals surface area contributed by atoms with E-state index in [9.17, 15) is 0 Å². The maximum Gasteiger partial charge on any atom is 2.00 e. The van der Waals surface area contributed by atoms with Crippen LogP contribution >= 0.6 is 22.7 Å². The summed E-state index contributed by atoms with van der Waals surface area (Å²) in [5, 5.41) is 2.36. The van der Waals surface area contributed by atoms with Gasteiger partial charge in [0, 0.05) is 44.7 Å². The van der Waals surface area contributed by atoms with E-state index >= 15 is 0 Å². The normalized spacial score (nSPS) is 11.2. The molecule has 4 rings (SSSR count). The van der Waals surface area contributed by atoms with Gasteiger partial charge in [0.05, 0.1) is 0 Å². The molecule has 0 fully saturated rings. The van der Waals surface area contributed by atoms with Gasteiger partial charge in [-0.25, -0.2) is 0 Å². The van der Waals surface area contributed by atoms with Gasteiger partial charge in [0.1, 0.15) is 0 Å². The second-order valence-electron chi connectivity index (χ2n) is 7.36. The SMILES string of the molecule is CCCCN=Cc1sc2ccccc2c1[S-].CCCCN=Cc1sc2ccccc2c1[S-].[Zn+2]. The Hall–Kier alpha value is -1.24. The molecule has 0 N–H and O–H groups in total. The van der Waals surface area contributed by atoms with Crippen molar-refractivity contribution >= 4 is 80.5 Å². The number of unbranched alkanes of at least 4 members (excludes halogenated alkanes) is 2. The van der Waals surface area contributed by atoms with Crippen molar-refractivity contribution in [3.8, 4) is 0 Å². The fraction of sp³-hybridized carbons (Fsp3) is 0.308. The first-order valence-electron chi connectivity index (χ1n) is 11.0. The molecule has 0 aliphatic heterocycles. The van der Waals surface area contributed by atoms with E-state index in [1.807, 2.05) is 36.7 Å². The van der Waals surface area contributed by atoms with Gasteiger partial charge in [-0.2, -0.15) is 0 Å². The Morgan fingerprint density at radius 2 is 1.09 bits per heavy atom. The molecule has 0 spiro atoms. The Morgan fingerprint density at radius 1 is 0.697 bits per heavy atom. The van der Waals surface area contributed by atoms with E-state index in [0.717, 1.165) is 45.5 Å². The molecule has 0 bridgehead atoms. The van der Waals surface area contributed by atoms with Gasteiger partial charge in [0.2, 0.25) is 0 Å². The van der Waals surface area contributed by atoms with Crippen LogP contribution in [0, 0.1) is 0 Å². The predicted octanol–water partition coefficient (Wildman–Crippen LogP) is 8.05. The van der Waals surface area contributed by atoms with Gasteiger partial charge >= 0.3 is 19.5 Å². The molecule has 4 aromatic rings. The van der Waals surface area contributed by atoms with Crippen molar-refractivity contribution in [3.05, 3.63) is 58.3 Å². The third kappa shape index (κ3) is 7.90. The minimum absolute atomic E-state index is 0. The fourth-order valence-corrected chi connectivity index (χ4v) is 5.87. The molecule has 0 unspecified atom stereocenters. The maximum atomic E-state index is 5.42. The molecule has 168 valence electrons. The van der Waals surface area contributed by atoms with Crippen LogP contribution < -0.4 is 0 Å². The molecular weight excluding hydrogens is 534 g/mol. The summed E-state index contributed by atoms with van der Waals surface area (Å²) in [7, 11) is 0. The summed E-state index contributed by atoms with van der Waals surface area (Å²) in [4.78, 5) is 12.9. The molecule has 7 heteroatoms. The molecule has 2 aromatic carbocycles. The Kier molecular flexibility index (Phi) is 12.6. The first-order valence-corrected chi connectivity index (χ1v) is 13.5. The molecule has 0 atom stereocenters. The Bertz CT molecular complexity index is 1100. The first-order chi connectivity index (χ1) is 15.7. The van der Waals surface area contributed by atoms with Crippen molar-refractivity contribution in [2.45, 2.75) is 49.3 Å². The summed E-state index contributed by atoms with van der Waals surface area (Å²) < 4.78 is 2.51. The van der Waals surface area contributed by atoms with Crippen molar-refractivity contribution in [1.29, 1.82) is 0 Å². The zero-order valence-corrected chi connectivity index (χ0v) is 25.5. The molecule has 2 aromatic heterocycles. The predicted molar refractivity (Wildman–Crippen MR) is 150 cm³/mol. The summed E-state index contributed by atoms with van der Waals surface area (Å²) >= 11 is 14.3. The Morgan fingerprint density at radius 3 is 1.45 bits per heavy atom. The zero-order chi connectivity index (χ0) is 22.8. The van der Waals surface area contributed by atoms with E-state index in [1.165, 1.54) is 33.0 Å². The van der Waals surface area contributed by atoms with E-state index in [1.54, 1.807) is 22.7 Å². The summed E-state index contributed by atoms with van der Waals surface area (Å²) in [5.41, 5.74) is 0. The van der Waals surface area contributed by atoms with E-state index in [-0.39, 0.29) is 19.5 Å². The molecule has 0 saturated heterocycles. The first kappa shape index (κ1) is 28.0. The van der Waals surface area contributed by atoms with Crippen molar-refractivity contribution in [2.75, 3.05) is 13.1 Å². The van der Waals surface area contributed by atoms with Gasteiger partial charge in [-0.3, -0.25) is 9.98 Å². The van der Waals surface area contributed by atoms with Crippen molar-refractivity contribution < 1.29 is 19.5 Å². The largest absolute Gasteiger partial charge is 2.00 e. The maximum absolute atomic E-state index is 5.42. The molecule has 2 heterocycles. The van der Waals surface area contributed by atoms with Crippen LogP contribution in [0.3, 0.4) is 0 Å². The van der Waals surface area contributed by atoms with Gasteiger partial charge in [0.25, 0.3) is 0 Å². The van der Waals surface area contributed by atoms with E-state index < -0.39 is 0 Å². The molecule has 0 aliphatic carbocycles. The summed E-state index contributed by atoms with van der Waals surface area (Å²) in [6, 6.07) is 16.5. The van der Waals surface area contributed by atoms with Gasteiger partial charge in [0.15, 0.2) is 0 Å². The van der Waals surface area contributed by atoms with Crippen molar-refractivity contribution in [1.82, 2.24) is 0 Å². The van der Waals surface area contributed by atoms with Crippen LogP contribution in [0.5, 0.6) is 0 Å². The zero-order valence-electron chi connectivity index (χ0n) is 19.3. The van der Waals surface area contributed by atoms with E-state index in [4.69, 9.17) is 25.3 Å². The minimum atomic E-state index is 0. The smallest absolute Gasteiger partial charge is 0.778 e. The molecule has 0 amide bonds. The molecule has 0 radical (unpaired) electrons. The number of hydrogen-bond donors (Lipinski definition) is 0. The van der Waals surface area contributed by atoms with Gasteiger partial charge in [-0.15, -0.1) is 32.5 Å². The van der Waals surface area contributed by atoms with Gasteiger partial charge < -0.3 is 25.3 Å². The quantitative estimate of drug-likeness (QED) is 0.0940. The van der Waals surface area contributed by atoms with Crippen LogP contribution in [0.4, 0.5) is 0 Å². The Labute approximate surface area is 229 Å². The van der Waals surface area contributed by atoms with Crippen LogP contribution in [-0.2, 0) is 44.7 Å². The number of fused-ring (bicyclic) bond motifs is 2. The molecule has 0 saturated carbocycles. The molecule has 0 aliphatic rings. The number of nitrogens with zero attached hydrogens (tertiary/aromatic N) is 2. The van der Waals surface area contributed by atoms with Crippen LogP contribution in [0.15, 0.2) is 68.3 Å². The second-order valence-corrected chi connectivity index (χ2v) is 10.3. The van der Waals surface area contributed by atoms with Crippen LogP contribution in [0.2, 0.25) is 0 Å². The molecule has 33 heavy (non-hydrogen) atoms. The van der Waals surface area contributed by atoms with Crippen molar-refractivity contribution in [3.63, 3.8) is 0 Å². The number of aliphatic imine (C=N–C) groups is 2. The van der Waals surface area contributed by atoms with Crippen molar-refractivity contribution in [2.24, 2.45) is 9.98 Å². The third-order valence-corrected chi connectivity index (χ3v) is 8.20.